The molecule has 3 heterocycles. The number of carbonyl (C=O) groups excluding carboxylic acids is 2. The second-order valence-corrected chi connectivity index (χ2v) is 7.46. The van der Waals surface area contributed by atoms with Crippen molar-refractivity contribution in [3.05, 3.63) is 35.0 Å². The van der Waals surface area contributed by atoms with Crippen LogP contribution in [0, 0.1) is 0 Å². The SMILES string of the molecule is CCOC(=O)C1=C(CN2CCC[C@H]2c2ccc3c(c2)OCCO3)NC(=O)N[C@H]1C. The van der Waals surface area contributed by atoms with Crippen LogP contribution in [-0.2, 0) is 9.53 Å². The lowest BCUT2D eigenvalue weighted by Crippen LogP contribution is -2.51. The van der Waals surface area contributed by atoms with E-state index in [0.717, 1.165) is 36.4 Å². The van der Waals surface area contributed by atoms with Gasteiger partial charge in [0.05, 0.1) is 18.2 Å². The molecule has 0 spiro atoms. The number of nitrogens with one attached hydrogen (secondary N) is 2. The van der Waals surface area contributed by atoms with Crippen LogP contribution in [0.1, 0.15) is 38.3 Å². The average Bonchev–Trinajstić information content (AvgIpc) is 3.15. The molecule has 8 nitrogen and oxygen atoms in total. The number of carbonyl (C=O) groups is 2. The van der Waals surface area contributed by atoms with E-state index in [1.54, 1.807) is 13.8 Å². The van der Waals surface area contributed by atoms with Crippen LogP contribution in [0.3, 0.4) is 0 Å². The largest absolute Gasteiger partial charge is 0.486 e. The summed E-state index contributed by atoms with van der Waals surface area (Å²) in [6, 6.07) is 5.56. The van der Waals surface area contributed by atoms with Crippen molar-refractivity contribution in [1.82, 2.24) is 15.5 Å². The average molecular weight is 401 g/mol. The summed E-state index contributed by atoms with van der Waals surface area (Å²) in [7, 11) is 0. The minimum absolute atomic E-state index is 0.184. The Hall–Kier alpha value is -2.74. The third-order valence-corrected chi connectivity index (χ3v) is 5.54. The topological polar surface area (TPSA) is 89.1 Å². The van der Waals surface area contributed by atoms with E-state index >= 15 is 0 Å². The molecule has 3 aliphatic rings. The molecular formula is C21H27N3O5. The van der Waals surface area contributed by atoms with Crippen LogP contribution in [0.5, 0.6) is 11.5 Å². The molecule has 1 saturated heterocycles. The zero-order chi connectivity index (χ0) is 20.4. The van der Waals surface area contributed by atoms with Crippen molar-refractivity contribution in [2.45, 2.75) is 38.8 Å². The lowest BCUT2D eigenvalue weighted by atomic mass is 10.0. The standard InChI is InChI=1S/C21H27N3O5/c1-3-27-20(25)19-13(2)22-21(26)23-15(19)12-24-8-4-5-16(24)14-6-7-17-18(11-14)29-10-9-28-17/h6-7,11,13,16H,3-5,8-10,12H2,1-2H3,(H2,22,23,26)/t13-,16-/m0/s1. The number of amides is 2. The predicted octanol–water partition coefficient (Wildman–Crippen LogP) is 2.11. The maximum atomic E-state index is 12.5. The highest BCUT2D eigenvalue weighted by Gasteiger charge is 2.34. The Kier molecular flexibility index (Phi) is 5.62. The fraction of sp³-hybridized carbons (Fsp3) is 0.524. The first-order valence-corrected chi connectivity index (χ1v) is 10.2. The van der Waals surface area contributed by atoms with Gasteiger partial charge in [-0.1, -0.05) is 6.07 Å². The van der Waals surface area contributed by atoms with E-state index in [2.05, 4.69) is 21.6 Å². The van der Waals surface area contributed by atoms with E-state index in [1.165, 1.54) is 0 Å². The quantitative estimate of drug-likeness (QED) is 0.735. The van der Waals surface area contributed by atoms with Crippen molar-refractivity contribution in [3.8, 4) is 11.5 Å². The summed E-state index contributed by atoms with van der Waals surface area (Å²) >= 11 is 0. The number of esters is 1. The molecule has 8 heteroatoms. The number of nitrogens with zero attached hydrogens (tertiary/aromatic N) is 1. The molecule has 156 valence electrons. The number of ether oxygens (including phenoxy) is 3. The monoisotopic (exact) mass is 401 g/mol. The summed E-state index contributed by atoms with van der Waals surface area (Å²) in [6.45, 7) is 6.35. The summed E-state index contributed by atoms with van der Waals surface area (Å²) in [5.41, 5.74) is 2.25. The fourth-order valence-electron chi connectivity index (χ4n) is 4.27. The molecule has 2 amide bonds. The molecule has 4 rings (SSSR count). The van der Waals surface area contributed by atoms with Gasteiger partial charge < -0.3 is 24.8 Å². The molecule has 3 aliphatic heterocycles. The lowest BCUT2D eigenvalue weighted by Gasteiger charge is -2.31. The van der Waals surface area contributed by atoms with Crippen molar-refractivity contribution in [1.29, 1.82) is 0 Å². The van der Waals surface area contributed by atoms with E-state index < -0.39 is 12.0 Å². The van der Waals surface area contributed by atoms with Crippen LogP contribution in [0.15, 0.2) is 29.5 Å². The van der Waals surface area contributed by atoms with Gasteiger partial charge in [0.2, 0.25) is 0 Å². The molecular weight excluding hydrogens is 374 g/mol. The Bertz CT molecular complexity index is 838. The molecule has 1 fully saturated rings. The normalized spacial score (nSPS) is 24.1. The van der Waals surface area contributed by atoms with E-state index in [4.69, 9.17) is 14.2 Å². The Labute approximate surface area is 170 Å². The Morgan fingerprint density at radius 2 is 2.07 bits per heavy atom. The summed E-state index contributed by atoms with van der Waals surface area (Å²) in [6.07, 6.45) is 2.05. The van der Waals surface area contributed by atoms with Gasteiger partial charge in [0.25, 0.3) is 0 Å². The van der Waals surface area contributed by atoms with Crippen molar-refractivity contribution >= 4 is 12.0 Å². The molecule has 0 bridgehead atoms. The zero-order valence-corrected chi connectivity index (χ0v) is 16.8. The van der Waals surface area contributed by atoms with Gasteiger partial charge >= 0.3 is 12.0 Å². The van der Waals surface area contributed by atoms with Gasteiger partial charge in [-0.05, 0) is 50.9 Å². The summed E-state index contributed by atoms with van der Waals surface area (Å²) in [5, 5.41) is 5.57. The molecule has 1 aromatic carbocycles. The van der Waals surface area contributed by atoms with Crippen molar-refractivity contribution in [3.63, 3.8) is 0 Å². The molecule has 29 heavy (non-hydrogen) atoms. The summed E-state index contributed by atoms with van der Waals surface area (Å²) in [4.78, 5) is 26.8. The van der Waals surface area contributed by atoms with Gasteiger partial charge in [0, 0.05) is 18.3 Å². The molecule has 0 unspecified atom stereocenters. The van der Waals surface area contributed by atoms with Crippen LogP contribution < -0.4 is 20.1 Å². The second-order valence-electron chi connectivity index (χ2n) is 7.46. The number of rotatable bonds is 5. The first-order valence-electron chi connectivity index (χ1n) is 10.2. The number of benzene rings is 1. The first kappa shape index (κ1) is 19.6. The van der Waals surface area contributed by atoms with Crippen molar-refractivity contribution in [2.24, 2.45) is 0 Å². The minimum atomic E-state index is -0.395. The lowest BCUT2D eigenvalue weighted by molar-refractivity contribution is -0.139. The van der Waals surface area contributed by atoms with Gasteiger partial charge in [0.1, 0.15) is 13.2 Å². The number of fused-ring (bicyclic) bond motifs is 1. The van der Waals surface area contributed by atoms with Crippen LogP contribution >= 0.6 is 0 Å². The van der Waals surface area contributed by atoms with Gasteiger partial charge in [-0.2, -0.15) is 0 Å². The van der Waals surface area contributed by atoms with Crippen molar-refractivity contribution < 1.29 is 23.8 Å². The smallest absolute Gasteiger partial charge is 0.337 e. The highest BCUT2D eigenvalue weighted by atomic mass is 16.6. The van der Waals surface area contributed by atoms with Gasteiger partial charge in [0.15, 0.2) is 11.5 Å². The molecule has 2 N–H and O–H groups in total. The highest BCUT2D eigenvalue weighted by molar-refractivity contribution is 5.94. The third kappa shape index (κ3) is 4.03. The molecule has 0 radical (unpaired) electrons. The van der Waals surface area contributed by atoms with Crippen molar-refractivity contribution in [2.75, 3.05) is 32.9 Å². The minimum Gasteiger partial charge on any atom is -0.486 e. The maximum Gasteiger partial charge on any atom is 0.337 e. The van der Waals surface area contributed by atoms with Gasteiger partial charge in [-0.25, -0.2) is 9.59 Å². The zero-order valence-electron chi connectivity index (χ0n) is 16.8. The van der Waals surface area contributed by atoms with Crippen LogP contribution in [0.2, 0.25) is 0 Å². The molecule has 0 aliphatic carbocycles. The van der Waals surface area contributed by atoms with E-state index in [0.29, 0.717) is 37.6 Å². The Morgan fingerprint density at radius 1 is 1.28 bits per heavy atom. The first-order chi connectivity index (χ1) is 14.1. The van der Waals surface area contributed by atoms with E-state index in [-0.39, 0.29) is 12.1 Å². The van der Waals surface area contributed by atoms with Gasteiger partial charge in [-0.3, -0.25) is 4.90 Å². The molecule has 0 aromatic heterocycles. The maximum absolute atomic E-state index is 12.5. The van der Waals surface area contributed by atoms with Crippen LogP contribution in [0.25, 0.3) is 0 Å². The summed E-state index contributed by atoms with van der Waals surface area (Å²) in [5.74, 6) is 1.16. The van der Waals surface area contributed by atoms with E-state index in [1.807, 2.05) is 12.1 Å². The Morgan fingerprint density at radius 3 is 2.86 bits per heavy atom. The fourth-order valence-corrected chi connectivity index (χ4v) is 4.27. The molecule has 1 aromatic rings. The van der Waals surface area contributed by atoms with Gasteiger partial charge in [-0.15, -0.1) is 0 Å². The van der Waals surface area contributed by atoms with Crippen LogP contribution in [-0.4, -0.2) is 55.9 Å². The highest BCUT2D eigenvalue weighted by Crippen LogP contribution is 2.38. The molecule has 2 atom stereocenters. The predicted molar refractivity (Wildman–Crippen MR) is 106 cm³/mol. The second kappa shape index (κ2) is 8.32. The number of urea groups is 1. The number of hydrogen-bond donors (Lipinski definition) is 2. The molecule has 0 saturated carbocycles. The Balaban J connectivity index is 1.59. The third-order valence-electron chi connectivity index (χ3n) is 5.54. The number of likely N-dealkylation sites (tertiary alicyclic amines) is 1. The van der Waals surface area contributed by atoms with E-state index in [9.17, 15) is 9.59 Å². The number of hydrogen-bond acceptors (Lipinski definition) is 6. The van der Waals surface area contributed by atoms with Crippen LogP contribution in [0.4, 0.5) is 4.79 Å². The summed E-state index contributed by atoms with van der Waals surface area (Å²) < 4.78 is 16.6.